The van der Waals surface area contributed by atoms with Gasteiger partial charge in [0.05, 0.1) is 12.7 Å². The lowest BCUT2D eigenvalue weighted by atomic mass is 9.96. The van der Waals surface area contributed by atoms with E-state index >= 15 is 0 Å². The van der Waals surface area contributed by atoms with Gasteiger partial charge in [-0.15, -0.1) is 0 Å². The van der Waals surface area contributed by atoms with Gasteiger partial charge < -0.3 is 19.6 Å². The Kier molecular flexibility index (Phi) is 11.2. The number of nitrogens with zero attached hydrogens (tertiary/aromatic N) is 2. The fourth-order valence-electron chi connectivity index (χ4n) is 4.76. The molecule has 6 nitrogen and oxygen atoms in total. The third kappa shape index (κ3) is 8.04. The summed E-state index contributed by atoms with van der Waals surface area (Å²) in [5.74, 6) is 0.235. The molecule has 0 unspecified atom stereocenters. The van der Waals surface area contributed by atoms with Crippen molar-refractivity contribution in [1.29, 1.82) is 0 Å². The van der Waals surface area contributed by atoms with Crippen LogP contribution in [-0.2, 0) is 20.9 Å². The molecule has 2 aromatic carbocycles. The fraction of sp³-hybridized carbons (Fsp3) is 0.467. The van der Waals surface area contributed by atoms with Crippen molar-refractivity contribution in [2.75, 3.05) is 31.7 Å². The van der Waals surface area contributed by atoms with Gasteiger partial charge in [-0.05, 0) is 36.1 Å². The number of amides is 2. The Morgan fingerprint density at radius 1 is 1.08 bits per heavy atom. The minimum atomic E-state index is -0.161. The molecule has 2 atom stereocenters. The SMILES string of the molecule is CO[C@H](c1ccc(N2CCCCCCC2=O)cc1)[C@H](C)/C=C/CC(=O)N(CCO)Cc1ccccc1. The van der Waals surface area contributed by atoms with Crippen molar-refractivity contribution >= 4 is 17.5 Å². The van der Waals surface area contributed by atoms with Gasteiger partial charge in [0.15, 0.2) is 0 Å². The molecule has 0 spiro atoms. The molecular formula is C30H40N2O4. The fourth-order valence-corrected chi connectivity index (χ4v) is 4.76. The molecule has 1 aliphatic rings. The summed E-state index contributed by atoms with van der Waals surface area (Å²) in [5, 5.41) is 9.40. The van der Waals surface area contributed by atoms with Crippen LogP contribution in [0, 0.1) is 5.92 Å². The molecule has 1 N–H and O–H groups in total. The highest BCUT2D eigenvalue weighted by molar-refractivity contribution is 5.93. The first kappa shape index (κ1) is 27.6. The molecule has 2 amide bonds. The molecule has 36 heavy (non-hydrogen) atoms. The van der Waals surface area contributed by atoms with Crippen LogP contribution in [0.25, 0.3) is 0 Å². The van der Waals surface area contributed by atoms with E-state index in [9.17, 15) is 14.7 Å². The van der Waals surface area contributed by atoms with E-state index in [1.807, 2.05) is 71.6 Å². The first-order valence-corrected chi connectivity index (χ1v) is 13.1. The minimum absolute atomic E-state index is 0.0208. The Morgan fingerprint density at radius 3 is 2.50 bits per heavy atom. The summed E-state index contributed by atoms with van der Waals surface area (Å²) in [5.41, 5.74) is 3.02. The number of carbonyl (C=O) groups is 2. The number of methoxy groups -OCH3 is 1. The monoisotopic (exact) mass is 492 g/mol. The standard InChI is InChI=1S/C30H40N2O4/c1-24(11-10-15-28(34)31(21-22-33)23-25-12-6-5-7-13-25)30(36-2)26-16-18-27(19-17-26)32-20-9-4-3-8-14-29(32)35/h5-7,10-13,16-19,24,30,33H,3-4,8-9,14-15,20-23H2,1-2H3/b11-10+/t24-,30+/m1/s1. The number of hydrogen-bond donors (Lipinski definition) is 1. The second-order valence-corrected chi connectivity index (χ2v) is 9.47. The van der Waals surface area contributed by atoms with Crippen molar-refractivity contribution < 1.29 is 19.4 Å². The van der Waals surface area contributed by atoms with Gasteiger partial charge in [0.2, 0.25) is 11.8 Å². The summed E-state index contributed by atoms with van der Waals surface area (Å²) in [7, 11) is 1.69. The summed E-state index contributed by atoms with van der Waals surface area (Å²) in [4.78, 5) is 28.9. The first-order chi connectivity index (χ1) is 17.5. The summed E-state index contributed by atoms with van der Waals surface area (Å²) in [6.45, 7) is 3.57. The quantitative estimate of drug-likeness (QED) is 0.434. The number of rotatable bonds is 11. The van der Waals surface area contributed by atoms with Crippen LogP contribution in [-0.4, -0.2) is 48.6 Å². The lowest BCUT2D eigenvalue weighted by molar-refractivity contribution is -0.131. The van der Waals surface area contributed by atoms with E-state index in [1.165, 1.54) is 6.42 Å². The van der Waals surface area contributed by atoms with Crippen LogP contribution in [0.3, 0.4) is 0 Å². The number of anilines is 1. The number of aliphatic hydroxyl groups is 1. The Hall–Kier alpha value is -2.96. The third-order valence-electron chi connectivity index (χ3n) is 6.76. The number of benzene rings is 2. The van der Waals surface area contributed by atoms with Gasteiger partial charge in [0, 0.05) is 51.2 Å². The molecule has 0 bridgehead atoms. The van der Waals surface area contributed by atoms with Gasteiger partial charge in [0.1, 0.15) is 0 Å². The molecule has 2 aromatic rings. The average molecular weight is 493 g/mol. The van der Waals surface area contributed by atoms with E-state index in [-0.39, 0.29) is 36.9 Å². The number of carbonyl (C=O) groups excluding carboxylic acids is 2. The predicted molar refractivity (Wildman–Crippen MR) is 143 cm³/mol. The molecule has 1 heterocycles. The summed E-state index contributed by atoms with van der Waals surface area (Å²) < 4.78 is 5.80. The normalized spacial score (nSPS) is 16.4. The Balaban J connectivity index is 1.59. The van der Waals surface area contributed by atoms with Gasteiger partial charge in [0.25, 0.3) is 0 Å². The van der Waals surface area contributed by atoms with Crippen molar-refractivity contribution in [2.24, 2.45) is 5.92 Å². The Bertz CT molecular complexity index is 974. The maximum Gasteiger partial charge on any atom is 0.226 e. The predicted octanol–water partition coefficient (Wildman–Crippen LogP) is 5.27. The maximum atomic E-state index is 12.8. The third-order valence-corrected chi connectivity index (χ3v) is 6.76. The molecule has 0 aromatic heterocycles. The minimum Gasteiger partial charge on any atom is -0.395 e. The zero-order valence-corrected chi connectivity index (χ0v) is 21.6. The van der Waals surface area contributed by atoms with Crippen LogP contribution in [0.2, 0.25) is 0 Å². The van der Waals surface area contributed by atoms with Gasteiger partial charge in [-0.3, -0.25) is 9.59 Å². The van der Waals surface area contributed by atoms with E-state index in [1.54, 1.807) is 12.0 Å². The molecule has 1 aliphatic heterocycles. The number of ether oxygens (including phenoxy) is 1. The number of aliphatic hydroxyl groups excluding tert-OH is 1. The molecule has 3 rings (SSSR count). The van der Waals surface area contributed by atoms with E-state index in [4.69, 9.17) is 4.74 Å². The van der Waals surface area contributed by atoms with Crippen LogP contribution in [0.15, 0.2) is 66.7 Å². The van der Waals surface area contributed by atoms with Crippen molar-refractivity contribution in [3.8, 4) is 0 Å². The maximum absolute atomic E-state index is 12.8. The van der Waals surface area contributed by atoms with E-state index in [2.05, 4.69) is 6.92 Å². The molecular weight excluding hydrogens is 452 g/mol. The van der Waals surface area contributed by atoms with E-state index in [0.29, 0.717) is 19.5 Å². The molecule has 6 heteroatoms. The first-order valence-electron chi connectivity index (χ1n) is 13.1. The molecule has 194 valence electrons. The van der Waals surface area contributed by atoms with Crippen molar-refractivity contribution in [3.63, 3.8) is 0 Å². The zero-order valence-electron chi connectivity index (χ0n) is 21.6. The van der Waals surface area contributed by atoms with Crippen LogP contribution >= 0.6 is 0 Å². The van der Waals surface area contributed by atoms with Gasteiger partial charge in [-0.2, -0.15) is 0 Å². The average Bonchev–Trinajstić information content (AvgIpc) is 2.88. The zero-order chi connectivity index (χ0) is 25.8. The molecule has 1 saturated heterocycles. The van der Waals surface area contributed by atoms with Crippen molar-refractivity contribution in [1.82, 2.24) is 4.90 Å². The van der Waals surface area contributed by atoms with Crippen LogP contribution in [0.5, 0.6) is 0 Å². The highest BCUT2D eigenvalue weighted by Crippen LogP contribution is 2.29. The largest absolute Gasteiger partial charge is 0.395 e. The molecule has 0 aliphatic carbocycles. The summed E-state index contributed by atoms with van der Waals surface area (Å²) in [6, 6.07) is 17.9. The molecule has 0 radical (unpaired) electrons. The summed E-state index contributed by atoms with van der Waals surface area (Å²) in [6.07, 6.45) is 8.94. The van der Waals surface area contributed by atoms with E-state index in [0.717, 1.165) is 42.6 Å². The second-order valence-electron chi connectivity index (χ2n) is 9.47. The Labute approximate surface area is 215 Å². The van der Waals surface area contributed by atoms with Crippen LogP contribution in [0.1, 0.15) is 62.7 Å². The lowest BCUT2D eigenvalue weighted by Gasteiger charge is -2.26. The Morgan fingerprint density at radius 2 is 1.81 bits per heavy atom. The molecule has 1 fully saturated rings. The van der Waals surface area contributed by atoms with Gasteiger partial charge in [-0.1, -0.05) is 74.4 Å². The lowest BCUT2D eigenvalue weighted by Crippen LogP contribution is -2.32. The second kappa shape index (κ2) is 14.6. The smallest absolute Gasteiger partial charge is 0.226 e. The highest BCUT2D eigenvalue weighted by Gasteiger charge is 2.20. The van der Waals surface area contributed by atoms with Crippen LogP contribution in [0.4, 0.5) is 5.69 Å². The van der Waals surface area contributed by atoms with Gasteiger partial charge >= 0.3 is 0 Å². The van der Waals surface area contributed by atoms with Crippen molar-refractivity contribution in [2.45, 2.75) is 58.1 Å². The molecule has 0 saturated carbocycles. The highest BCUT2D eigenvalue weighted by atomic mass is 16.5. The van der Waals surface area contributed by atoms with Crippen LogP contribution < -0.4 is 4.90 Å². The topological polar surface area (TPSA) is 70.1 Å². The van der Waals surface area contributed by atoms with Gasteiger partial charge in [-0.25, -0.2) is 0 Å². The number of hydrogen-bond acceptors (Lipinski definition) is 4. The summed E-state index contributed by atoms with van der Waals surface area (Å²) >= 11 is 0. The van der Waals surface area contributed by atoms with Crippen molar-refractivity contribution in [3.05, 3.63) is 77.9 Å². The van der Waals surface area contributed by atoms with E-state index < -0.39 is 0 Å².